The summed E-state index contributed by atoms with van der Waals surface area (Å²) in [4.78, 5) is 22.5. The van der Waals surface area contributed by atoms with Gasteiger partial charge in [-0.2, -0.15) is 0 Å². The summed E-state index contributed by atoms with van der Waals surface area (Å²) >= 11 is 1.86. The van der Waals surface area contributed by atoms with Crippen LogP contribution in [0.15, 0.2) is 6.33 Å². The van der Waals surface area contributed by atoms with Crippen molar-refractivity contribution >= 4 is 27.5 Å². The summed E-state index contributed by atoms with van der Waals surface area (Å²) in [7, 11) is 0. The van der Waals surface area contributed by atoms with E-state index in [-0.39, 0.29) is 6.54 Å². The van der Waals surface area contributed by atoms with Crippen LogP contribution in [0.3, 0.4) is 0 Å². The van der Waals surface area contributed by atoms with Crippen molar-refractivity contribution in [1.82, 2.24) is 15.3 Å². The van der Waals surface area contributed by atoms with E-state index in [9.17, 15) is 4.79 Å². The van der Waals surface area contributed by atoms with Crippen LogP contribution in [0.1, 0.15) is 48.2 Å². The standard InChI is InChI=1S/C18H23N3O2S/c22-16(23)9-19-12-6-4-11(5-7-12)8-14-17-13-2-1-3-15(13)24-18(17)21-10-20-14/h10-12,19H,1-9H2,(H,22,23). The van der Waals surface area contributed by atoms with Crippen LogP contribution >= 0.6 is 11.3 Å². The lowest BCUT2D eigenvalue weighted by Crippen LogP contribution is -2.36. The average molecular weight is 345 g/mol. The zero-order valence-corrected chi connectivity index (χ0v) is 14.6. The van der Waals surface area contributed by atoms with Crippen molar-refractivity contribution in [1.29, 1.82) is 0 Å². The number of hydrogen-bond donors (Lipinski definition) is 2. The predicted octanol–water partition coefficient (Wildman–Crippen LogP) is 2.96. The maximum Gasteiger partial charge on any atom is 0.317 e. The highest BCUT2D eigenvalue weighted by atomic mass is 32.1. The van der Waals surface area contributed by atoms with Crippen molar-refractivity contribution in [3.63, 3.8) is 0 Å². The van der Waals surface area contributed by atoms with E-state index in [1.807, 2.05) is 11.3 Å². The second kappa shape index (κ2) is 6.76. The Labute approximate surface area is 145 Å². The largest absolute Gasteiger partial charge is 0.480 e. The molecular weight excluding hydrogens is 322 g/mol. The Morgan fingerprint density at radius 1 is 1.25 bits per heavy atom. The van der Waals surface area contributed by atoms with Gasteiger partial charge in [-0.05, 0) is 62.8 Å². The fourth-order valence-corrected chi connectivity index (χ4v) is 5.47. The fraction of sp³-hybridized carbons (Fsp3) is 0.611. The van der Waals surface area contributed by atoms with E-state index in [0.717, 1.165) is 32.1 Å². The van der Waals surface area contributed by atoms with E-state index >= 15 is 0 Å². The molecule has 0 unspecified atom stereocenters. The molecule has 0 spiro atoms. The van der Waals surface area contributed by atoms with Crippen molar-refractivity contribution in [3.05, 3.63) is 22.5 Å². The Hall–Kier alpha value is -1.53. The van der Waals surface area contributed by atoms with E-state index in [1.54, 1.807) is 6.33 Å². The molecule has 1 saturated carbocycles. The predicted molar refractivity (Wildman–Crippen MR) is 94.5 cm³/mol. The molecule has 6 heteroatoms. The van der Waals surface area contributed by atoms with Crippen LogP contribution in [0, 0.1) is 5.92 Å². The second-order valence-electron chi connectivity index (χ2n) is 7.05. The molecule has 2 aliphatic rings. The van der Waals surface area contributed by atoms with Gasteiger partial charge in [0.05, 0.1) is 12.2 Å². The Balaban J connectivity index is 1.43. The number of aryl methyl sites for hydroxylation is 2. The topological polar surface area (TPSA) is 75.1 Å². The second-order valence-corrected chi connectivity index (χ2v) is 8.14. The van der Waals surface area contributed by atoms with E-state index in [1.165, 1.54) is 45.6 Å². The molecule has 24 heavy (non-hydrogen) atoms. The quantitative estimate of drug-likeness (QED) is 0.871. The third kappa shape index (κ3) is 3.17. The van der Waals surface area contributed by atoms with Crippen LogP contribution in [0.5, 0.6) is 0 Å². The first kappa shape index (κ1) is 16.0. The maximum absolute atomic E-state index is 10.7. The van der Waals surface area contributed by atoms with Gasteiger partial charge in [0.1, 0.15) is 11.2 Å². The van der Waals surface area contributed by atoms with Gasteiger partial charge >= 0.3 is 5.97 Å². The monoisotopic (exact) mass is 345 g/mol. The lowest BCUT2D eigenvalue weighted by Gasteiger charge is -2.28. The molecule has 0 aliphatic heterocycles. The van der Waals surface area contributed by atoms with Crippen molar-refractivity contribution in [2.75, 3.05) is 6.54 Å². The third-order valence-electron chi connectivity index (χ3n) is 5.45. The highest BCUT2D eigenvalue weighted by Crippen LogP contribution is 2.38. The summed E-state index contributed by atoms with van der Waals surface area (Å²) in [5.41, 5.74) is 2.75. The molecule has 0 amide bonds. The number of thiophene rings is 1. The summed E-state index contributed by atoms with van der Waals surface area (Å²) in [6.07, 6.45) is 10.8. The number of hydrogen-bond acceptors (Lipinski definition) is 5. The Morgan fingerprint density at radius 2 is 2.08 bits per heavy atom. The maximum atomic E-state index is 10.7. The first-order chi connectivity index (χ1) is 11.7. The molecule has 128 valence electrons. The van der Waals surface area contributed by atoms with Crippen LogP contribution < -0.4 is 5.32 Å². The van der Waals surface area contributed by atoms with Crippen molar-refractivity contribution in [3.8, 4) is 0 Å². The number of aliphatic carboxylic acids is 1. The first-order valence-corrected chi connectivity index (χ1v) is 9.71. The highest BCUT2D eigenvalue weighted by molar-refractivity contribution is 7.18. The summed E-state index contributed by atoms with van der Waals surface area (Å²) in [5.74, 6) is -0.116. The molecule has 0 aromatic carbocycles. The molecule has 4 rings (SSSR count). The minimum Gasteiger partial charge on any atom is -0.480 e. The summed E-state index contributed by atoms with van der Waals surface area (Å²) in [5, 5.41) is 13.3. The minimum absolute atomic E-state index is 0.0723. The Kier molecular flexibility index (Phi) is 4.50. The molecule has 0 radical (unpaired) electrons. The van der Waals surface area contributed by atoms with Gasteiger partial charge in [0, 0.05) is 16.3 Å². The van der Waals surface area contributed by atoms with Gasteiger partial charge in [0.2, 0.25) is 0 Å². The number of aromatic nitrogens is 2. The van der Waals surface area contributed by atoms with Crippen molar-refractivity contribution < 1.29 is 9.90 Å². The molecular formula is C18H23N3O2S. The lowest BCUT2D eigenvalue weighted by molar-refractivity contribution is -0.136. The van der Waals surface area contributed by atoms with Crippen LogP contribution in [-0.2, 0) is 24.1 Å². The Bertz CT molecular complexity index is 750. The van der Waals surface area contributed by atoms with Gasteiger partial charge in [-0.25, -0.2) is 9.97 Å². The molecule has 2 aromatic rings. The van der Waals surface area contributed by atoms with Crippen LogP contribution in [-0.4, -0.2) is 33.6 Å². The van der Waals surface area contributed by atoms with E-state index in [2.05, 4.69) is 15.3 Å². The first-order valence-electron chi connectivity index (χ1n) is 8.90. The SMILES string of the molecule is O=C(O)CNC1CCC(Cc2ncnc3sc4c(c23)CCC4)CC1. The number of carbonyl (C=O) groups is 1. The summed E-state index contributed by atoms with van der Waals surface area (Å²) < 4.78 is 0. The molecule has 0 atom stereocenters. The number of fused-ring (bicyclic) bond motifs is 3. The van der Waals surface area contributed by atoms with Gasteiger partial charge in [-0.1, -0.05) is 0 Å². The third-order valence-corrected chi connectivity index (χ3v) is 6.65. The van der Waals surface area contributed by atoms with Crippen LogP contribution in [0.25, 0.3) is 10.2 Å². The van der Waals surface area contributed by atoms with Gasteiger partial charge < -0.3 is 10.4 Å². The zero-order valence-electron chi connectivity index (χ0n) is 13.8. The molecule has 0 bridgehead atoms. The smallest absolute Gasteiger partial charge is 0.317 e. The highest BCUT2D eigenvalue weighted by Gasteiger charge is 2.25. The van der Waals surface area contributed by atoms with Crippen molar-refractivity contribution in [2.24, 2.45) is 5.92 Å². The number of rotatable bonds is 5. The number of carboxylic acids is 1. The van der Waals surface area contributed by atoms with Gasteiger partial charge in [0.25, 0.3) is 0 Å². The van der Waals surface area contributed by atoms with Gasteiger partial charge in [0.15, 0.2) is 0 Å². The van der Waals surface area contributed by atoms with Crippen LogP contribution in [0.2, 0.25) is 0 Å². The van der Waals surface area contributed by atoms with E-state index < -0.39 is 5.97 Å². The molecule has 5 nitrogen and oxygen atoms in total. The lowest BCUT2D eigenvalue weighted by atomic mass is 9.83. The number of carboxylic acid groups (broad SMARTS) is 1. The minimum atomic E-state index is -0.771. The number of nitrogens with one attached hydrogen (secondary N) is 1. The molecule has 2 heterocycles. The summed E-state index contributed by atoms with van der Waals surface area (Å²) in [6, 6.07) is 0.355. The molecule has 2 aromatic heterocycles. The van der Waals surface area contributed by atoms with Gasteiger partial charge in [-0.15, -0.1) is 11.3 Å². The fourth-order valence-electron chi connectivity index (χ4n) is 4.22. The van der Waals surface area contributed by atoms with E-state index in [4.69, 9.17) is 5.11 Å². The van der Waals surface area contributed by atoms with Crippen LogP contribution in [0.4, 0.5) is 0 Å². The molecule has 0 saturated heterocycles. The Morgan fingerprint density at radius 3 is 2.88 bits per heavy atom. The van der Waals surface area contributed by atoms with Crippen molar-refractivity contribution in [2.45, 2.75) is 57.4 Å². The molecule has 2 aliphatic carbocycles. The molecule has 2 N–H and O–H groups in total. The molecule has 1 fully saturated rings. The zero-order chi connectivity index (χ0) is 16.5. The normalized spacial score (nSPS) is 23.5. The van der Waals surface area contributed by atoms with E-state index in [0.29, 0.717) is 12.0 Å². The summed E-state index contributed by atoms with van der Waals surface area (Å²) in [6.45, 7) is 0.0723. The number of nitrogens with zero attached hydrogens (tertiary/aromatic N) is 2. The van der Waals surface area contributed by atoms with Gasteiger partial charge in [-0.3, -0.25) is 4.79 Å². The average Bonchev–Trinajstić information content (AvgIpc) is 3.15.